The van der Waals surface area contributed by atoms with Gasteiger partial charge in [0.25, 0.3) is 5.91 Å². The summed E-state index contributed by atoms with van der Waals surface area (Å²) in [6.45, 7) is 0. The molecule has 1 amide bonds. The largest absolute Gasteiger partial charge is 0.332 e. The van der Waals surface area contributed by atoms with Gasteiger partial charge in [-0.15, -0.1) is 11.6 Å². The van der Waals surface area contributed by atoms with Gasteiger partial charge in [-0.3, -0.25) is 4.79 Å². The van der Waals surface area contributed by atoms with Crippen molar-refractivity contribution >= 4 is 33.4 Å². The summed E-state index contributed by atoms with van der Waals surface area (Å²) in [4.78, 5) is 14.1. The molecule has 0 radical (unpaired) electrons. The second kappa shape index (κ2) is 5.26. The molecule has 0 aliphatic carbocycles. The minimum Gasteiger partial charge on any atom is -0.332 e. The van der Waals surface area contributed by atoms with Gasteiger partial charge in [0.2, 0.25) is 0 Å². The summed E-state index contributed by atoms with van der Waals surface area (Å²) in [7, 11) is 0. The van der Waals surface area contributed by atoms with E-state index in [0.717, 1.165) is 25.0 Å². The van der Waals surface area contributed by atoms with Crippen LogP contribution in [0.5, 0.6) is 0 Å². The molecule has 2 heterocycles. The van der Waals surface area contributed by atoms with E-state index in [2.05, 4.69) is 15.9 Å². The minimum atomic E-state index is -0.825. The van der Waals surface area contributed by atoms with Crippen LogP contribution in [0.3, 0.4) is 0 Å². The van der Waals surface area contributed by atoms with Crippen LogP contribution in [0.1, 0.15) is 36.0 Å². The lowest BCUT2D eigenvalue weighted by Crippen LogP contribution is -2.47. The number of halogens is 4. The van der Waals surface area contributed by atoms with Crippen LogP contribution < -0.4 is 0 Å². The van der Waals surface area contributed by atoms with E-state index >= 15 is 0 Å². The van der Waals surface area contributed by atoms with E-state index in [1.807, 2.05) is 0 Å². The van der Waals surface area contributed by atoms with Crippen LogP contribution in [0.2, 0.25) is 0 Å². The average molecular weight is 365 g/mol. The van der Waals surface area contributed by atoms with Crippen LogP contribution in [-0.2, 0) is 0 Å². The monoisotopic (exact) mass is 363 g/mol. The van der Waals surface area contributed by atoms with E-state index in [-0.39, 0.29) is 21.9 Å². The maximum atomic E-state index is 13.9. The van der Waals surface area contributed by atoms with Gasteiger partial charge in [-0.1, -0.05) is 15.9 Å². The normalized spacial score (nSPS) is 28.8. The number of carbonyl (C=O) groups is 1. The topological polar surface area (TPSA) is 20.3 Å². The molecule has 6 heteroatoms. The highest BCUT2D eigenvalue weighted by Crippen LogP contribution is 2.39. The second-order valence-electron chi connectivity index (χ2n) is 5.41. The molecular weight excluding hydrogens is 352 g/mol. The van der Waals surface area contributed by atoms with Crippen LogP contribution in [0.15, 0.2) is 16.6 Å². The van der Waals surface area contributed by atoms with Crippen molar-refractivity contribution in [2.75, 3.05) is 0 Å². The smallest absolute Gasteiger partial charge is 0.260 e. The van der Waals surface area contributed by atoms with E-state index in [9.17, 15) is 13.6 Å². The Hall–Kier alpha value is -0.680. The van der Waals surface area contributed by atoms with Crippen molar-refractivity contribution in [3.8, 4) is 0 Å². The molecule has 0 aromatic heterocycles. The van der Waals surface area contributed by atoms with Crippen molar-refractivity contribution in [2.45, 2.75) is 43.1 Å². The minimum absolute atomic E-state index is 0.00574. The van der Waals surface area contributed by atoms with E-state index in [1.54, 1.807) is 4.90 Å². The third-order valence-electron chi connectivity index (χ3n) is 4.13. The molecule has 2 unspecified atom stereocenters. The first kappa shape index (κ1) is 14.3. The second-order valence-corrected chi connectivity index (χ2v) is 6.94. The molecule has 1 aromatic rings. The van der Waals surface area contributed by atoms with E-state index in [4.69, 9.17) is 11.6 Å². The number of alkyl halides is 1. The first-order chi connectivity index (χ1) is 9.47. The molecule has 1 aromatic carbocycles. The lowest BCUT2D eigenvalue weighted by Gasteiger charge is -2.37. The van der Waals surface area contributed by atoms with Gasteiger partial charge < -0.3 is 4.90 Å². The number of hydrogen-bond donors (Lipinski definition) is 0. The molecule has 2 atom stereocenters. The van der Waals surface area contributed by atoms with Gasteiger partial charge in [0.05, 0.1) is 0 Å². The predicted molar refractivity (Wildman–Crippen MR) is 75.9 cm³/mol. The highest BCUT2D eigenvalue weighted by Gasteiger charge is 2.44. The molecule has 2 aliphatic rings. The average Bonchev–Trinajstić information content (AvgIpc) is 2.60. The summed E-state index contributed by atoms with van der Waals surface area (Å²) in [5.74, 6) is -2.20. The van der Waals surface area contributed by atoms with Crippen LogP contribution in [-0.4, -0.2) is 28.3 Å². The van der Waals surface area contributed by atoms with Crippen molar-refractivity contribution in [1.29, 1.82) is 0 Å². The third kappa shape index (κ3) is 2.35. The predicted octanol–water partition coefficient (Wildman–Crippen LogP) is 4.10. The summed E-state index contributed by atoms with van der Waals surface area (Å²) in [5, 5.41) is 0.0520. The van der Waals surface area contributed by atoms with E-state index < -0.39 is 23.1 Å². The van der Waals surface area contributed by atoms with Gasteiger partial charge in [0.1, 0.15) is 17.2 Å². The lowest BCUT2D eigenvalue weighted by molar-refractivity contribution is 0.0589. The van der Waals surface area contributed by atoms with Crippen LogP contribution in [0, 0.1) is 11.6 Å². The highest BCUT2D eigenvalue weighted by atomic mass is 79.9. The van der Waals surface area contributed by atoms with Gasteiger partial charge in [-0.25, -0.2) is 8.78 Å². The fourth-order valence-electron chi connectivity index (χ4n) is 3.32. The summed E-state index contributed by atoms with van der Waals surface area (Å²) in [5.41, 5.74) is -0.460. The zero-order chi connectivity index (χ0) is 14.4. The molecule has 0 saturated carbocycles. The number of benzene rings is 1. The van der Waals surface area contributed by atoms with Crippen LogP contribution in [0.4, 0.5) is 8.78 Å². The Morgan fingerprint density at radius 3 is 2.20 bits per heavy atom. The number of rotatable bonds is 1. The summed E-state index contributed by atoms with van der Waals surface area (Å²) >= 11 is 9.17. The Labute approximate surface area is 129 Å². The molecule has 2 saturated heterocycles. The van der Waals surface area contributed by atoms with Crippen molar-refractivity contribution < 1.29 is 13.6 Å². The fraction of sp³-hybridized carbons (Fsp3) is 0.500. The maximum Gasteiger partial charge on any atom is 0.260 e. The fourth-order valence-corrected chi connectivity index (χ4v) is 4.13. The Kier molecular flexibility index (Phi) is 3.75. The molecule has 2 fully saturated rings. The Morgan fingerprint density at radius 2 is 1.70 bits per heavy atom. The van der Waals surface area contributed by atoms with Gasteiger partial charge in [0, 0.05) is 21.9 Å². The Bertz CT molecular complexity index is 531. The van der Waals surface area contributed by atoms with Gasteiger partial charge in [-0.2, -0.15) is 0 Å². The number of fused-ring (bicyclic) bond motifs is 2. The van der Waals surface area contributed by atoms with Crippen molar-refractivity contribution in [2.24, 2.45) is 0 Å². The SMILES string of the molecule is O=C(c1c(F)cc(Br)cc1F)N1C2CCC1CC(Cl)C2. The van der Waals surface area contributed by atoms with Gasteiger partial charge in [0.15, 0.2) is 0 Å². The first-order valence-electron chi connectivity index (χ1n) is 6.58. The van der Waals surface area contributed by atoms with Gasteiger partial charge >= 0.3 is 0 Å². The lowest BCUT2D eigenvalue weighted by atomic mass is 10.0. The van der Waals surface area contributed by atoms with Crippen LogP contribution in [0.25, 0.3) is 0 Å². The zero-order valence-electron chi connectivity index (χ0n) is 10.6. The first-order valence-corrected chi connectivity index (χ1v) is 7.81. The number of amides is 1. The molecule has 2 nitrogen and oxygen atoms in total. The van der Waals surface area contributed by atoms with Crippen molar-refractivity contribution in [1.82, 2.24) is 4.90 Å². The molecule has 20 heavy (non-hydrogen) atoms. The molecular formula is C14H13BrClF2NO. The molecule has 0 spiro atoms. The summed E-state index contributed by atoms with van der Waals surface area (Å²) in [6, 6.07) is 2.25. The zero-order valence-corrected chi connectivity index (χ0v) is 12.9. The van der Waals surface area contributed by atoms with Crippen molar-refractivity contribution in [3.63, 3.8) is 0 Å². The maximum absolute atomic E-state index is 13.9. The molecule has 2 bridgehead atoms. The van der Waals surface area contributed by atoms with Gasteiger partial charge in [-0.05, 0) is 37.8 Å². The summed E-state index contributed by atoms with van der Waals surface area (Å²) < 4.78 is 28.1. The quantitative estimate of drug-likeness (QED) is 0.687. The Morgan fingerprint density at radius 1 is 1.20 bits per heavy atom. The number of hydrogen-bond acceptors (Lipinski definition) is 1. The Balaban J connectivity index is 1.94. The molecule has 2 aliphatic heterocycles. The van der Waals surface area contributed by atoms with Crippen molar-refractivity contribution in [3.05, 3.63) is 33.8 Å². The number of carbonyl (C=O) groups excluding carboxylic acids is 1. The molecule has 108 valence electrons. The molecule has 0 N–H and O–H groups in total. The highest BCUT2D eigenvalue weighted by molar-refractivity contribution is 9.10. The number of nitrogens with zero attached hydrogens (tertiary/aromatic N) is 1. The van der Waals surface area contributed by atoms with E-state index in [1.165, 1.54) is 0 Å². The summed E-state index contributed by atoms with van der Waals surface area (Å²) in [6.07, 6.45) is 3.12. The van der Waals surface area contributed by atoms with E-state index in [0.29, 0.717) is 12.8 Å². The standard InChI is InChI=1S/C14H13BrClF2NO/c15-7-3-11(17)13(12(18)4-7)14(20)19-9-1-2-10(19)6-8(16)5-9/h3-4,8-10H,1-2,5-6H2. The number of piperidine rings is 1. The molecule has 3 rings (SSSR count). The van der Waals surface area contributed by atoms with Crippen LogP contribution >= 0.6 is 27.5 Å². The third-order valence-corrected chi connectivity index (χ3v) is 4.94.